The van der Waals surface area contributed by atoms with Crippen LogP contribution < -0.4 is 5.14 Å². The molecule has 0 fully saturated rings. The van der Waals surface area contributed by atoms with Gasteiger partial charge in [0.1, 0.15) is 0 Å². The van der Waals surface area contributed by atoms with Gasteiger partial charge in [-0.3, -0.25) is 0 Å². The number of nitrogens with two attached hydrogens (primary N) is 1. The highest BCUT2D eigenvalue weighted by atomic mass is 32.2. The Morgan fingerprint density at radius 3 is 2.29 bits per heavy atom. The third-order valence-electron chi connectivity index (χ3n) is 1.62. The van der Waals surface area contributed by atoms with Crippen LogP contribution in [-0.2, 0) is 10.0 Å². The van der Waals surface area contributed by atoms with Crippen molar-refractivity contribution in [1.29, 1.82) is 0 Å². The van der Waals surface area contributed by atoms with E-state index >= 15 is 0 Å². The fourth-order valence-corrected chi connectivity index (χ4v) is 1.47. The van der Waals surface area contributed by atoms with Crippen molar-refractivity contribution in [1.82, 2.24) is 0 Å². The Hall–Kier alpha value is -1.17. The van der Waals surface area contributed by atoms with Crippen LogP contribution in [0.3, 0.4) is 0 Å². The molecule has 14 heavy (non-hydrogen) atoms. The third kappa shape index (κ3) is 2.95. The number of primary sulfonamides is 1. The molecule has 0 aliphatic rings. The van der Waals surface area contributed by atoms with E-state index in [0.29, 0.717) is 0 Å². The summed E-state index contributed by atoms with van der Waals surface area (Å²) < 4.78 is 21.8. The van der Waals surface area contributed by atoms with E-state index in [-0.39, 0.29) is 11.5 Å². The Morgan fingerprint density at radius 2 is 1.86 bits per heavy atom. The highest BCUT2D eigenvalue weighted by Crippen LogP contribution is 2.09. The van der Waals surface area contributed by atoms with Gasteiger partial charge in [0.05, 0.1) is 11.5 Å². The molecule has 0 heterocycles. The second kappa shape index (κ2) is 4.36. The van der Waals surface area contributed by atoms with Crippen LogP contribution in [0.15, 0.2) is 35.2 Å². The molecule has 0 atom stereocenters. The Balaban J connectivity index is 2.95. The molecule has 0 aliphatic heterocycles. The molecular weight excluding hydrogens is 202 g/mol. The number of rotatable bonds is 3. The predicted octanol–water partition coefficient (Wildman–Crippen LogP) is 0.340. The van der Waals surface area contributed by atoms with Gasteiger partial charge in [-0.05, 0) is 17.7 Å². The molecule has 0 saturated carbocycles. The second-order valence-corrected chi connectivity index (χ2v) is 4.26. The smallest absolute Gasteiger partial charge is 0.238 e. The molecule has 0 radical (unpaired) electrons. The first kappa shape index (κ1) is 10.9. The molecule has 5 heteroatoms. The zero-order valence-corrected chi connectivity index (χ0v) is 8.24. The van der Waals surface area contributed by atoms with Crippen LogP contribution in [0.1, 0.15) is 5.56 Å². The molecule has 0 bridgehead atoms. The van der Waals surface area contributed by atoms with Gasteiger partial charge in [-0.2, -0.15) is 0 Å². The normalized spacial score (nSPS) is 12.1. The first-order chi connectivity index (χ1) is 6.54. The lowest BCUT2D eigenvalue weighted by atomic mass is 10.2. The van der Waals surface area contributed by atoms with Gasteiger partial charge in [0.2, 0.25) is 10.0 Å². The van der Waals surface area contributed by atoms with E-state index in [1.165, 1.54) is 12.1 Å². The molecule has 3 N–H and O–H groups in total. The highest BCUT2D eigenvalue weighted by Gasteiger charge is 2.05. The average Bonchev–Trinajstić information content (AvgIpc) is 2.14. The van der Waals surface area contributed by atoms with E-state index in [1.807, 2.05) is 0 Å². The quantitative estimate of drug-likeness (QED) is 0.759. The first-order valence-corrected chi connectivity index (χ1v) is 5.49. The van der Waals surface area contributed by atoms with Crippen molar-refractivity contribution >= 4 is 16.1 Å². The summed E-state index contributed by atoms with van der Waals surface area (Å²) in [5, 5.41) is 13.4. The topological polar surface area (TPSA) is 80.4 Å². The molecule has 0 aliphatic carbocycles. The lowest BCUT2D eigenvalue weighted by Gasteiger charge is -1.97. The van der Waals surface area contributed by atoms with Crippen molar-refractivity contribution in [3.05, 3.63) is 35.9 Å². The van der Waals surface area contributed by atoms with Crippen molar-refractivity contribution < 1.29 is 13.5 Å². The van der Waals surface area contributed by atoms with Gasteiger partial charge in [-0.25, -0.2) is 13.6 Å². The van der Waals surface area contributed by atoms with E-state index < -0.39 is 10.0 Å². The minimum Gasteiger partial charge on any atom is -0.392 e. The van der Waals surface area contributed by atoms with E-state index in [4.69, 9.17) is 10.2 Å². The van der Waals surface area contributed by atoms with Crippen molar-refractivity contribution in [2.75, 3.05) is 6.61 Å². The lowest BCUT2D eigenvalue weighted by Crippen LogP contribution is -2.11. The molecular formula is C9H11NO3S. The fraction of sp³-hybridized carbons (Fsp3) is 0.111. The number of hydrogen-bond acceptors (Lipinski definition) is 3. The summed E-state index contributed by atoms with van der Waals surface area (Å²) in [5.74, 6) is 0. The Labute approximate surface area is 82.7 Å². The predicted molar refractivity (Wildman–Crippen MR) is 53.9 cm³/mol. The van der Waals surface area contributed by atoms with Crippen LogP contribution in [-0.4, -0.2) is 20.1 Å². The van der Waals surface area contributed by atoms with Crippen molar-refractivity contribution in [2.24, 2.45) is 5.14 Å². The maximum absolute atomic E-state index is 10.9. The summed E-state index contributed by atoms with van der Waals surface area (Å²) in [6.45, 7) is -0.0447. The number of hydrogen-bond donors (Lipinski definition) is 2. The third-order valence-corrected chi connectivity index (χ3v) is 2.55. The van der Waals surface area contributed by atoms with Crippen molar-refractivity contribution in [3.63, 3.8) is 0 Å². The standard InChI is InChI=1S/C9H11NO3S/c10-14(12,13)9-5-3-8(4-6-9)2-1-7-11/h1-6,11H,7H2,(H2,10,12,13). The molecule has 0 aromatic heterocycles. The van der Waals surface area contributed by atoms with Crippen LogP contribution in [0.5, 0.6) is 0 Å². The van der Waals surface area contributed by atoms with Gasteiger partial charge < -0.3 is 5.11 Å². The molecule has 76 valence electrons. The van der Waals surface area contributed by atoms with E-state index in [2.05, 4.69) is 0 Å². The van der Waals surface area contributed by atoms with Gasteiger partial charge >= 0.3 is 0 Å². The molecule has 1 aromatic carbocycles. The van der Waals surface area contributed by atoms with Crippen LogP contribution >= 0.6 is 0 Å². The largest absolute Gasteiger partial charge is 0.392 e. The number of aliphatic hydroxyl groups excluding tert-OH is 1. The summed E-state index contributed by atoms with van der Waals surface area (Å²) in [6, 6.07) is 6.08. The second-order valence-electron chi connectivity index (χ2n) is 2.70. The monoisotopic (exact) mass is 213 g/mol. The fourth-order valence-electron chi connectivity index (χ4n) is 0.957. The minimum absolute atomic E-state index is 0.0447. The number of sulfonamides is 1. The van der Waals surface area contributed by atoms with E-state index in [1.54, 1.807) is 24.3 Å². The van der Waals surface area contributed by atoms with Crippen LogP contribution in [0, 0.1) is 0 Å². The molecule has 1 rings (SSSR count). The molecule has 4 nitrogen and oxygen atoms in total. The highest BCUT2D eigenvalue weighted by molar-refractivity contribution is 7.89. The maximum Gasteiger partial charge on any atom is 0.238 e. The molecule has 0 unspecified atom stereocenters. The Bertz CT molecular complexity index is 420. The first-order valence-electron chi connectivity index (χ1n) is 3.94. The average molecular weight is 213 g/mol. The van der Waals surface area contributed by atoms with Crippen LogP contribution in [0.2, 0.25) is 0 Å². The molecule has 1 aromatic rings. The van der Waals surface area contributed by atoms with Crippen molar-refractivity contribution in [3.8, 4) is 0 Å². The summed E-state index contributed by atoms with van der Waals surface area (Å²) in [5.41, 5.74) is 0.812. The lowest BCUT2D eigenvalue weighted by molar-refractivity contribution is 0.343. The van der Waals surface area contributed by atoms with Crippen molar-refractivity contribution in [2.45, 2.75) is 4.90 Å². The Morgan fingerprint density at radius 1 is 1.29 bits per heavy atom. The molecule has 0 amide bonds. The SMILES string of the molecule is NS(=O)(=O)c1ccc(C=CCO)cc1. The van der Waals surface area contributed by atoms with Gasteiger partial charge in [0.15, 0.2) is 0 Å². The van der Waals surface area contributed by atoms with E-state index in [0.717, 1.165) is 5.56 Å². The van der Waals surface area contributed by atoms with Crippen LogP contribution in [0.4, 0.5) is 0 Å². The van der Waals surface area contributed by atoms with Gasteiger partial charge in [-0.1, -0.05) is 24.3 Å². The maximum atomic E-state index is 10.9. The summed E-state index contributed by atoms with van der Waals surface area (Å²) in [6.07, 6.45) is 3.25. The van der Waals surface area contributed by atoms with Gasteiger partial charge in [0.25, 0.3) is 0 Å². The zero-order valence-electron chi connectivity index (χ0n) is 7.42. The summed E-state index contributed by atoms with van der Waals surface area (Å²) in [4.78, 5) is 0.0821. The van der Waals surface area contributed by atoms with Gasteiger partial charge in [0, 0.05) is 0 Å². The van der Waals surface area contributed by atoms with Gasteiger partial charge in [-0.15, -0.1) is 0 Å². The van der Waals surface area contributed by atoms with Crippen LogP contribution in [0.25, 0.3) is 6.08 Å². The Kier molecular flexibility index (Phi) is 3.40. The molecule has 0 spiro atoms. The molecule has 0 saturated heterocycles. The summed E-state index contributed by atoms with van der Waals surface area (Å²) in [7, 11) is -3.61. The minimum atomic E-state index is -3.61. The number of benzene rings is 1. The number of aliphatic hydroxyl groups is 1. The van der Waals surface area contributed by atoms with E-state index in [9.17, 15) is 8.42 Å². The summed E-state index contributed by atoms with van der Waals surface area (Å²) >= 11 is 0. The zero-order chi connectivity index (χ0) is 10.6.